The van der Waals surface area contributed by atoms with E-state index in [-0.39, 0.29) is 29.9 Å². The van der Waals surface area contributed by atoms with Gasteiger partial charge in [-0.3, -0.25) is 10.2 Å². The normalized spacial score (nSPS) is 18.9. The fourth-order valence-corrected chi connectivity index (χ4v) is 4.28. The molecule has 0 aromatic heterocycles. The smallest absolute Gasteiger partial charge is 0.410 e. The zero-order chi connectivity index (χ0) is 21.3. The summed E-state index contributed by atoms with van der Waals surface area (Å²) >= 11 is 0. The Morgan fingerprint density at radius 1 is 1.00 bits per heavy atom. The van der Waals surface area contributed by atoms with Crippen LogP contribution in [0.15, 0.2) is 24.3 Å². The van der Waals surface area contributed by atoms with Crippen LogP contribution in [0.3, 0.4) is 0 Å². The lowest BCUT2D eigenvalue weighted by Crippen LogP contribution is -2.41. The minimum Gasteiger partial charge on any atom is -0.446 e. The van der Waals surface area contributed by atoms with Crippen LogP contribution in [0.5, 0.6) is 0 Å². The third-order valence-electron chi connectivity index (χ3n) is 6.15. The van der Waals surface area contributed by atoms with Gasteiger partial charge in [0, 0.05) is 30.8 Å². The summed E-state index contributed by atoms with van der Waals surface area (Å²) in [5.74, 6) is 0.251. The summed E-state index contributed by atoms with van der Waals surface area (Å²) in [6.07, 6.45) is 9.98. The molecule has 1 aliphatic heterocycles. The minimum atomic E-state index is -0.186. The van der Waals surface area contributed by atoms with E-state index in [0.717, 1.165) is 38.5 Å². The Hall–Kier alpha value is -2.57. The van der Waals surface area contributed by atoms with E-state index < -0.39 is 0 Å². The Morgan fingerprint density at radius 2 is 1.60 bits per heavy atom. The molecule has 4 N–H and O–H groups in total. The Bertz CT molecular complexity index is 718. The number of anilines is 1. The quantitative estimate of drug-likeness (QED) is 0.494. The molecule has 0 radical (unpaired) electrons. The maximum absolute atomic E-state index is 12.5. The summed E-state index contributed by atoms with van der Waals surface area (Å²) in [6.45, 7) is 1.30. The summed E-state index contributed by atoms with van der Waals surface area (Å²) in [4.78, 5) is 26.7. The molecule has 7 nitrogen and oxygen atoms in total. The van der Waals surface area contributed by atoms with Crippen molar-refractivity contribution in [1.82, 2.24) is 4.90 Å². The average Bonchev–Trinajstić information content (AvgIpc) is 2.70. The van der Waals surface area contributed by atoms with Crippen molar-refractivity contribution >= 4 is 23.5 Å². The molecule has 0 spiro atoms. The van der Waals surface area contributed by atoms with Gasteiger partial charge >= 0.3 is 6.09 Å². The number of nitrogen functional groups attached to an aromatic ring is 1. The lowest BCUT2D eigenvalue weighted by Gasteiger charge is -2.32. The van der Waals surface area contributed by atoms with Gasteiger partial charge in [-0.05, 0) is 68.7 Å². The number of carbonyl (C=O) groups excluding carboxylic acids is 2. The molecule has 1 heterocycles. The highest BCUT2D eigenvalue weighted by atomic mass is 16.6. The van der Waals surface area contributed by atoms with E-state index in [1.54, 1.807) is 29.2 Å². The number of amides is 2. The van der Waals surface area contributed by atoms with Gasteiger partial charge < -0.3 is 20.7 Å². The number of likely N-dealkylation sites (tertiary alicyclic amines) is 1. The Balaban J connectivity index is 1.38. The second kappa shape index (κ2) is 11.0. The van der Waals surface area contributed by atoms with Gasteiger partial charge in [-0.1, -0.05) is 19.3 Å². The zero-order valence-electron chi connectivity index (χ0n) is 17.7. The molecule has 7 heteroatoms. The average molecular weight is 415 g/mol. The van der Waals surface area contributed by atoms with Gasteiger partial charge in [-0.25, -0.2) is 4.79 Å². The number of ether oxygens (including phenoxy) is 1. The molecule has 1 saturated heterocycles. The number of amidine groups is 1. The summed E-state index contributed by atoms with van der Waals surface area (Å²) in [5.41, 5.74) is 6.78. The zero-order valence-corrected chi connectivity index (χ0v) is 17.7. The molecular weight excluding hydrogens is 380 g/mol. The maximum Gasteiger partial charge on any atom is 0.410 e. The second-order valence-corrected chi connectivity index (χ2v) is 8.52. The molecule has 0 bridgehead atoms. The number of nitrogens with zero attached hydrogens (tertiary/aromatic N) is 1. The van der Waals surface area contributed by atoms with Gasteiger partial charge in [0.2, 0.25) is 5.91 Å². The highest BCUT2D eigenvalue weighted by molar-refractivity contribution is 5.96. The molecule has 164 valence electrons. The number of hydrogen-bond acceptors (Lipinski definition) is 4. The van der Waals surface area contributed by atoms with E-state index in [2.05, 4.69) is 5.32 Å². The van der Waals surface area contributed by atoms with Gasteiger partial charge in [-0.2, -0.15) is 0 Å². The van der Waals surface area contributed by atoms with E-state index >= 15 is 0 Å². The maximum atomic E-state index is 12.5. The van der Waals surface area contributed by atoms with Crippen molar-refractivity contribution in [2.24, 2.45) is 11.7 Å². The van der Waals surface area contributed by atoms with Gasteiger partial charge in [0.15, 0.2) is 0 Å². The Kier molecular flexibility index (Phi) is 8.11. The van der Waals surface area contributed by atoms with E-state index in [1.165, 1.54) is 19.3 Å². The predicted octanol–water partition coefficient (Wildman–Crippen LogP) is 4.26. The standard InChI is InChI=1S/C23H34N4O3/c24-22(25)18-8-10-19(11-9-18)26-21(28)16-17-12-14-27(15-13-17)23(29)30-20-6-4-2-1-3-5-7-20/h8-11,17,20H,1-7,12-16H2,(H3,24,25)(H,26,28). The Morgan fingerprint density at radius 3 is 2.20 bits per heavy atom. The summed E-state index contributed by atoms with van der Waals surface area (Å²) in [7, 11) is 0. The Labute approximate surface area is 178 Å². The number of rotatable bonds is 5. The van der Waals surface area contributed by atoms with Crippen LogP contribution in [0.4, 0.5) is 10.5 Å². The first-order chi connectivity index (χ1) is 14.5. The fraction of sp³-hybridized carbons (Fsp3) is 0.609. The number of hydrogen-bond donors (Lipinski definition) is 3. The van der Waals surface area contributed by atoms with Gasteiger partial charge in [0.1, 0.15) is 11.9 Å². The lowest BCUT2D eigenvalue weighted by atomic mass is 9.93. The van der Waals surface area contributed by atoms with Crippen LogP contribution < -0.4 is 11.1 Å². The van der Waals surface area contributed by atoms with E-state index in [1.807, 2.05) is 0 Å². The van der Waals surface area contributed by atoms with Crippen LogP contribution in [0.25, 0.3) is 0 Å². The summed E-state index contributed by atoms with van der Waals surface area (Å²) in [6, 6.07) is 6.95. The molecule has 1 aromatic rings. The first-order valence-corrected chi connectivity index (χ1v) is 11.2. The number of benzene rings is 1. The molecule has 0 unspecified atom stereocenters. The van der Waals surface area contributed by atoms with E-state index in [9.17, 15) is 9.59 Å². The number of nitrogens with one attached hydrogen (secondary N) is 2. The third-order valence-corrected chi connectivity index (χ3v) is 6.15. The van der Waals surface area contributed by atoms with Gasteiger partial charge in [0.25, 0.3) is 0 Å². The van der Waals surface area contributed by atoms with Crippen molar-refractivity contribution in [3.63, 3.8) is 0 Å². The monoisotopic (exact) mass is 414 g/mol. The fourth-order valence-electron chi connectivity index (χ4n) is 4.28. The van der Waals surface area contributed by atoms with Crippen molar-refractivity contribution in [2.75, 3.05) is 18.4 Å². The van der Waals surface area contributed by atoms with Crippen LogP contribution in [0, 0.1) is 11.3 Å². The predicted molar refractivity (Wildman–Crippen MR) is 118 cm³/mol. The molecule has 2 fully saturated rings. The highest BCUT2D eigenvalue weighted by Gasteiger charge is 2.27. The topological polar surface area (TPSA) is 109 Å². The van der Waals surface area contributed by atoms with Crippen molar-refractivity contribution in [3.05, 3.63) is 29.8 Å². The molecular formula is C23H34N4O3. The van der Waals surface area contributed by atoms with Gasteiger partial charge in [0.05, 0.1) is 0 Å². The molecule has 3 rings (SSSR count). The summed E-state index contributed by atoms with van der Waals surface area (Å²) in [5, 5.41) is 10.3. The van der Waals surface area contributed by atoms with E-state index in [0.29, 0.717) is 30.8 Å². The van der Waals surface area contributed by atoms with Crippen molar-refractivity contribution in [2.45, 2.75) is 70.3 Å². The van der Waals surface area contributed by atoms with Crippen molar-refractivity contribution in [1.29, 1.82) is 5.41 Å². The van der Waals surface area contributed by atoms with Crippen LogP contribution in [-0.2, 0) is 9.53 Å². The third kappa shape index (κ3) is 6.75. The number of piperidine rings is 1. The van der Waals surface area contributed by atoms with Crippen molar-refractivity contribution in [3.8, 4) is 0 Å². The largest absolute Gasteiger partial charge is 0.446 e. The molecule has 2 aliphatic rings. The highest BCUT2D eigenvalue weighted by Crippen LogP contribution is 2.24. The molecule has 1 aromatic carbocycles. The van der Waals surface area contributed by atoms with Gasteiger partial charge in [-0.15, -0.1) is 0 Å². The van der Waals surface area contributed by atoms with Crippen LogP contribution in [0.1, 0.15) is 69.8 Å². The first kappa shape index (κ1) is 22.1. The van der Waals surface area contributed by atoms with E-state index in [4.69, 9.17) is 15.9 Å². The number of carbonyl (C=O) groups is 2. The molecule has 1 aliphatic carbocycles. The molecule has 2 amide bonds. The summed E-state index contributed by atoms with van der Waals surface area (Å²) < 4.78 is 5.77. The van der Waals surface area contributed by atoms with Crippen LogP contribution >= 0.6 is 0 Å². The molecule has 30 heavy (non-hydrogen) atoms. The van der Waals surface area contributed by atoms with Crippen LogP contribution in [0.2, 0.25) is 0 Å². The molecule has 0 atom stereocenters. The SMILES string of the molecule is N=C(N)c1ccc(NC(=O)CC2CCN(C(=O)OC3CCCCCCC3)CC2)cc1. The molecule has 1 saturated carbocycles. The van der Waals surface area contributed by atoms with Crippen molar-refractivity contribution < 1.29 is 14.3 Å². The number of nitrogens with two attached hydrogens (primary N) is 1. The first-order valence-electron chi connectivity index (χ1n) is 11.2. The van der Waals surface area contributed by atoms with Crippen LogP contribution in [-0.4, -0.2) is 41.9 Å². The minimum absolute atomic E-state index is 0.00713. The lowest BCUT2D eigenvalue weighted by molar-refractivity contribution is -0.117. The second-order valence-electron chi connectivity index (χ2n) is 8.52.